The van der Waals surface area contributed by atoms with Gasteiger partial charge in [0.05, 0.1) is 12.6 Å². The van der Waals surface area contributed by atoms with Gasteiger partial charge in [-0.05, 0) is 68.6 Å². The van der Waals surface area contributed by atoms with Crippen molar-refractivity contribution in [3.05, 3.63) is 36.0 Å². The van der Waals surface area contributed by atoms with Crippen LogP contribution in [0.1, 0.15) is 45.4 Å². The van der Waals surface area contributed by atoms with E-state index in [1.54, 1.807) is 5.57 Å². The van der Waals surface area contributed by atoms with Gasteiger partial charge in [0.25, 0.3) is 0 Å². The van der Waals surface area contributed by atoms with Crippen LogP contribution in [0, 0.1) is 5.41 Å². The third-order valence-corrected chi connectivity index (χ3v) is 7.72. The number of pyridine rings is 1. The zero-order chi connectivity index (χ0) is 20.6. The molecule has 2 saturated heterocycles. The topological polar surface area (TPSA) is 48.9 Å². The van der Waals surface area contributed by atoms with Crippen LogP contribution in [0.4, 0.5) is 10.6 Å². The van der Waals surface area contributed by atoms with Crippen LogP contribution < -0.4 is 4.90 Å². The molecule has 0 unspecified atom stereocenters. The number of aromatic nitrogens is 1. The lowest BCUT2D eigenvalue weighted by Crippen LogP contribution is -2.53. The number of nitrogens with zero attached hydrogens (tertiary/aromatic N) is 4. The molecule has 1 atom stereocenters. The first kappa shape index (κ1) is 19.9. The largest absolute Gasteiger partial charge is 0.450 e. The lowest BCUT2D eigenvalue weighted by Gasteiger charge is -2.51. The Hall–Kier alpha value is -2.08. The molecular weight excluding hydrogens is 376 g/mol. The number of likely N-dealkylation sites (tertiary alicyclic amines) is 1. The van der Waals surface area contributed by atoms with Gasteiger partial charge in [-0.3, -0.25) is 4.90 Å². The SMILES string of the molecule is CCOC(=O)N1CCC2(CC(N3CC=C([C@@H]4CCCN4c4ccccn4)CC3)C2)C1. The third kappa shape index (κ3) is 3.70. The van der Waals surface area contributed by atoms with Gasteiger partial charge in [-0.25, -0.2) is 9.78 Å². The molecule has 6 heteroatoms. The Morgan fingerprint density at radius 1 is 1.27 bits per heavy atom. The normalized spacial score (nSPS) is 31.7. The summed E-state index contributed by atoms with van der Waals surface area (Å²) in [5, 5.41) is 0. The molecule has 1 saturated carbocycles. The molecule has 162 valence electrons. The van der Waals surface area contributed by atoms with E-state index < -0.39 is 0 Å². The third-order valence-electron chi connectivity index (χ3n) is 7.72. The number of carbonyl (C=O) groups is 1. The summed E-state index contributed by atoms with van der Waals surface area (Å²) in [5.74, 6) is 1.12. The van der Waals surface area contributed by atoms with E-state index in [-0.39, 0.29) is 6.09 Å². The molecule has 1 aromatic rings. The average molecular weight is 411 g/mol. The van der Waals surface area contributed by atoms with E-state index >= 15 is 0 Å². The highest BCUT2D eigenvalue weighted by molar-refractivity contribution is 5.68. The van der Waals surface area contributed by atoms with E-state index in [9.17, 15) is 4.79 Å². The Labute approximate surface area is 179 Å². The van der Waals surface area contributed by atoms with E-state index in [2.05, 4.69) is 33.0 Å². The van der Waals surface area contributed by atoms with E-state index in [4.69, 9.17) is 4.74 Å². The molecule has 0 radical (unpaired) electrons. The first-order valence-electron chi connectivity index (χ1n) is 11.7. The molecule has 0 N–H and O–H groups in total. The van der Waals surface area contributed by atoms with Crippen LogP contribution in [0.15, 0.2) is 36.0 Å². The number of rotatable bonds is 4. The van der Waals surface area contributed by atoms with Gasteiger partial charge in [0.1, 0.15) is 5.82 Å². The van der Waals surface area contributed by atoms with Crippen molar-refractivity contribution >= 4 is 11.9 Å². The van der Waals surface area contributed by atoms with Crippen molar-refractivity contribution in [1.29, 1.82) is 0 Å². The van der Waals surface area contributed by atoms with Crippen LogP contribution in [0.5, 0.6) is 0 Å². The van der Waals surface area contributed by atoms with Crippen molar-refractivity contribution < 1.29 is 9.53 Å². The fourth-order valence-electron chi connectivity index (χ4n) is 6.12. The summed E-state index contributed by atoms with van der Waals surface area (Å²) >= 11 is 0. The molecule has 1 amide bonds. The molecule has 4 heterocycles. The standard InChI is InChI=1S/C24H34N4O2/c1-2-30-23(29)27-15-10-24(18-27)16-20(17-24)26-13-8-19(9-14-26)21-6-5-12-28(21)22-7-3-4-11-25-22/h3-4,7-8,11,20-21H,2,5-6,9-10,12-18H2,1H3/t20?,21-,24?/m0/s1. The molecule has 4 aliphatic rings. The summed E-state index contributed by atoms with van der Waals surface area (Å²) in [4.78, 5) is 23.7. The van der Waals surface area contributed by atoms with Crippen molar-refractivity contribution in [1.82, 2.24) is 14.8 Å². The molecule has 0 bridgehead atoms. The van der Waals surface area contributed by atoms with Crippen molar-refractivity contribution in [2.45, 2.75) is 57.5 Å². The lowest BCUT2D eigenvalue weighted by molar-refractivity contribution is 0.0101. The van der Waals surface area contributed by atoms with Gasteiger partial charge in [-0.1, -0.05) is 12.1 Å². The van der Waals surface area contributed by atoms with Crippen LogP contribution in [0.3, 0.4) is 0 Å². The smallest absolute Gasteiger partial charge is 0.409 e. The zero-order valence-electron chi connectivity index (χ0n) is 18.1. The number of hydrogen-bond acceptors (Lipinski definition) is 5. The molecule has 3 fully saturated rings. The van der Waals surface area contributed by atoms with Crippen molar-refractivity contribution in [3.63, 3.8) is 0 Å². The van der Waals surface area contributed by atoms with Crippen LogP contribution in [-0.4, -0.2) is 72.3 Å². The highest BCUT2D eigenvalue weighted by Crippen LogP contribution is 2.50. The molecule has 30 heavy (non-hydrogen) atoms. The number of carbonyl (C=O) groups excluding carboxylic acids is 1. The highest BCUT2D eigenvalue weighted by Gasteiger charge is 2.51. The maximum atomic E-state index is 12.0. The van der Waals surface area contributed by atoms with E-state index in [1.807, 2.05) is 24.1 Å². The van der Waals surface area contributed by atoms with E-state index in [1.165, 1.54) is 38.6 Å². The molecule has 3 aliphatic heterocycles. The molecule has 6 nitrogen and oxygen atoms in total. The fraction of sp³-hybridized carbons (Fsp3) is 0.667. The Balaban J connectivity index is 1.15. The Kier molecular flexibility index (Phi) is 5.44. The minimum atomic E-state index is -0.127. The van der Waals surface area contributed by atoms with Gasteiger partial charge >= 0.3 is 6.09 Å². The first-order valence-corrected chi connectivity index (χ1v) is 11.7. The summed E-state index contributed by atoms with van der Waals surface area (Å²) < 4.78 is 5.19. The van der Waals surface area contributed by atoms with Crippen molar-refractivity contribution in [3.8, 4) is 0 Å². The summed E-state index contributed by atoms with van der Waals surface area (Å²) in [5.41, 5.74) is 1.96. The van der Waals surface area contributed by atoms with Gasteiger partial charge < -0.3 is 14.5 Å². The van der Waals surface area contributed by atoms with Crippen LogP contribution in [0.25, 0.3) is 0 Å². The second-order valence-corrected chi connectivity index (χ2v) is 9.50. The van der Waals surface area contributed by atoms with Crippen LogP contribution in [0.2, 0.25) is 0 Å². The summed E-state index contributed by atoms with van der Waals surface area (Å²) in [6.45, 7) is 7.45. The summed E-state index contributed by atoms with van der Waals surface area (Å²) in [7, 11) is 0. The molecular formula is C24H34N4O2. The van der Waals surface area contributed by atoms with E-state index in [0.717, 1.165) is 38.4 Å². The van der Waals surface area contributed by atoms with Gasteiger partial charge in [0.2, 0.25) is 0 Å². The monoisotopic (exact) mass is 410 g/mol. The first-order chi connectivity index (χ1) is 14.7. The molecule has 1 aliphatic carbocycles. The Morgan fingerprint density at radius 3 is 2.90 bits per heavy atom. The number of hydrogen-bond donors (Lipinski definition) is 0. The predicted molar refractivity (Wildman–Crippen MR) is 118 cm³/mol. The zero-order valence-corrected chi connectivity index (χ0v) is 18.1. The van der Waals surface area contributed by atoms with Gasteiger partial charge in [-0.15, -0.1) is 0 Å². The van der Waals surface area contributed by atoms with Gasteiger partial charge in [0.15, 0.2) is 0 Å². The Bertz CT molecular complexity index is 790. The highest BCUT2D eigenvalue weighted by atomic mass is 16.6. The van der Waals surface area contributed by atoms with Crippen molar-refractivity contribution in [2.75, 3.05) is 44.2 Å². The minimum Gasteiger partial charge on any atom is -0.450 e. The second-order valence-electron chi connectivity index (χ2n) is 9.50. The summed E-state index contributed by atoms with van der Waals surface area (Å²) in [6, 6.07) is 7.44. The quantitative estimate of drug-likeness (QED) is 0.709. The number of amides is 1. The molecule has 1 spiro atoms. The average Bonchev–Trinajstić information content (AvgIpc) is 3.42. The molecule has 0 aromatic carbocycles. The fourth-order valence-corrected chi connectivity index (χ4v) is 6.12. The maximum Gasteiger partial charge on any atom is 0.409 e. The number of anilines is 1. The maximum absolute atomic E-state index is 12.0. The molecule has 1 aromatic heterocycles. The number of ether oxygens (including phenoxy) is 1. The lowest BCUT2D eigenvalue weighted by atomic mass is 9.64. The Morgan fingerprint density at radius 2 is 2.17 bits per heavy atom. The predicted octanol–water partition coefficient (Wildman–Crippen LogP) is 3.69. The second kappa shape index (κ2) is 8.22. The molecule has 5 rings (SSSR count). The minimum absolute atomic E-state index is 0.127. The van der Waals surface area contributed by atoms with Crippen LogP contribution in [-0.2, 0) is 4.74 Å². The van der Waals surface area contributed by atoms with E-state index in [0.29, 0.717) is 24.1 Å². The van der Waals surface area contributed by atoms with Gasteiger partial charge in [0, 0.05) is 45.0 Å². The van der Waals surface area contributed by atoms with Crippen LogP contribution >= 0.6 is 0 Å². The summed E-state index contributed by atoms with van der Waals surface area (Å²) in [6.07, 6.45) is 11.6. The van der Waals surface area contributed by atoms with Gasteiger partial charge in [-0.2, -0.15) is 0 Å². The van der Waals surface area contributed by atoms with Crippen molar-refractivity contribution in [2.24, 2.45) is 5.41 Å².